The largest absolute Gasteiger partial charge is 0.492 e. The van der Waals surface area contributed by atoms with Crippen molar-refractivity contribution in [2.24, 2.45) is 0 Å². The third-order valence-electron chi connectivity index (χ3n) is 3.15. The summed E-state index contributed by atoms with van der Waals surface area (Å²) in [7, 11) is 0. The Labute approximate surface area is 120 Å². The molecule has 1 N–H and O–H groups in total. The SMILES string of the molecule is Cc1cccc(OCCNCc2cncn2C(C)C)c1. The minimum atomic E-state index is 0.442. The zero-order chi connectivity index (χ0) is 14.4. The molecular weight excluding hydrogens is 250 g/mol. The molecule has 0 unspecified atom stereocenters. The van der Waals surface area contributed by atoms with E-state index in [4.69, 9.17) is 4.74 Å². The summed E-state index contributed by atoms with van der Waals surface area (Å²) in [4.78, 5) is 4.19. The van der Waals surface area contributed by atoms with Gasteiger partial charge in [-0.3, -0.25) is 0 Å². The number of aryl methyl sites for hydroxylation is 1. The first-order valence-corrected chi connectivity index (χ1v) is 7.07. The van der Waals surface area contributed by atoms with Gasteiger partial charge in [-0.15, -0.1) is 0 Å². The summed E-state index contributed by atoms with van der Waals surface area (Å²) < 4.78 is 7.87. The molecule has 20 heavy (non-hydrogen) atoms. The van der Waals surface area contributed by atoms with Crippen LogP contribution in [0.15, 0.2) is 36.8 Å². The van der Waals surface area contributed by atoms with Crippen LogP contribution in [-0.4, -0.2) is 22.7 Å². The third kappa shape index (κ3) is 4.10. The quantitative estimate of drug-likeness (QED) is 0.788. The molecule has 4 nitrogen and oxygen atoms in total. The van der Waals surface area contributed by atoms with Crippen LogP contribution in [-0.2, 0) is 6.54 Å². The first kappa shape index (κ1) is 14.6. The van der Waals surface area contributed by atoms with Gasteiger partial charge in [-0.2, -0.15) is 0 Å². The van der Waals surface area contributed by atoms with Gasteiger partial charge in [-0.25, -0.2) is 4.98 Å². The highest BCUT2D eigenvalue weighted by Gasteiger charge is 2.04. The highest BCUT2D eigenvalue weighted by molar-refractivity contribution is 5.27. The molecule has 1 aromatic heterocycles. The zero-order valence-corrected chi connectivity index (χ0v) is 12.5. The maximum absolute atomic E-state index is 5.70. The molecule has 0 radical (unpaired) electrons. The molecule has 4 heteroatoms. The molecule has 0 aliphatic carbocycles. The van der Waals surface area contributed by atoms with Crippen molar-refractivity contribution < 1.29 is 4.74 Å². The number of benzene rings is 1. The minimum absolute atomic E-state index is 0.442. The lowest BCUT2D eigenvalue weighted by molar-refractivity contribution is 0.312. The molecule has 0 spiro atoms. The molecule has 2 aromatic rings. The van der Waals surface area contributed by atoms with Crippen molar-refractivity contribution in [2.75, 3.05) is 13.2 Å². The van der Waals surface area contributed by atoms with Crippen LogP contribution in [0.25, 0.3) is 0 Å². The Morgan fingerprint density at radius 2 is 2.20 bits per heavy atom. The van der Waals surface area contributed by atoms with Crippen molar-refractivity contribution in [1.29, 1.82) is 0 Å². The number of aromatic nitrogens is 2. The van der Waals surface area contributed by atoms with E-state index in [1.165, 1.54) is 11.3 Å². The van der Waals surface area contributed by atoms with Crippen LogP contribution >= 0.6 is 0 Å². The molecular formula is C16H23N3O. The highest BCUT2D eigenvalue weighted by atomic mass is 16.5. The Hall–Kier alpha value is -1.81. The van der Waals surface area contributed by atoms with Gasteiger partial charge in [0, 0.05) is 25.3 Å². The number of nitrogens with zero attached hydrogens (tertiary/aromatic N) is 2. The van der Waals surface area contributed by atoms with Crippen LogP contribution in [0.2, 0.25) is 0 Å². The molecule has 0 saturated carbocycles. The number of hydrogen-bond donors (Lipinski definition) is 1. The van der Waals surface area contributed by atoms with Gasteiger partial charge in [0.05, 0.1) is 12.0 Å². The maximum Gasteiger partial charge on any atom is 0.119 e. The molecule has 108 valence electrons. The Morgan fingerprint density at radius 1 is 1.35 bits per heavy atom. The summed E-state index contributed by atoms with van der Waals surface area (Å²) in [6.45, 7) is 8.68. The van der Waals surface area contributed by atoms with Gasteiger partial charge in [-0.05, 0) is 38.5 Å². The molecule has 0 atom stereocenters. The standard InChI is InChI=1S/C16H23N3O/c1-13(2)19-12-18-11-15(19)10-17-7-8-20-16-6-4-5-14(3)9-16/h4-6,9,11-13,17H,7-8,10H2,1-3H3. The second-order valence-electron chi connectivity index (χ2n) is 5.23. The van der Waals surface area contributed by atoms with Crippen molar-refractivity contribution in [2.45, 2.75) is 33.4 Å². The summed E-state index contributed by atoms with van der Waals surface area (Å²) in [6.07, 6.45) is 3.79. The summed E-state index contributed by atoms with van der Waals surface area (Å²) >= 11 is 0. The lowest BCUT2D eigenvalue weighted by Crippen LogP contribution is -2.22. The molecule has 1 heterocycles. The predicted molar refractivity (Wildman–Crippen MR) is 81.0 cm³/mol. The average Bonchev–Trinajstić information content (AvgIpc) is 2.87. The van der Waals surface area contributed by atoms with E-state index in [2.05, 4.69) is 41.7 Å². The van der Waals surface area contributed by atoms with Gasteiger partial charge in [-0.1, -0.05) is 12.1 Å². The van der Waals surface area contributed by atoms with E-state index in [1.807, 2.05) is 30.7 Å². The minimum Gasteiger partial charge on any atom is -0.492 e. The van der Waals surface area contributed by atoms with Gasteiger partial charge < -0.3 is 14.6 Å². The molecule has 0 aliphatic heterocycles. The number of ether oxygens (including phenoxy) is 1. The molecule has 2 rings (SSSR count). The molecule has 1 aromatic carbocycles. The lowest BCUT2D eigenvalue weighted by Gasteiger charge is -2.12. The van der Waals surface area contributed by atoms with Gasteiger partial charge in [0.2, 0.25) is 0 Å². The van der Waals surface area contributed by atoms with Crippen LogP contribution in [0.5, 0.6) is 5.75 Å². The Balaban J connectivity index is 1.70. The van der Waals surface area contributed by atoms with Gasteiger partial charge >= 0.3 is 0 Å². The van der Waals surface area contributed by atoms with Crippen LogP contribution in [0.3, 0.4) is 0 Å². The van der Waals surface area contributed by atoms with Crippen molar-refractivity contribution in [3.63, 3.8) is 0 Å². The Bertz CT molecular complexity index is 534. The van der Waals surface area contributed by atoms with Crippen LogP contribution in [0.1, 0.15) is 31.1 Å². The monoisotopic (exact) mass is 273 g/mol. The van der Waals surface area contributed by atoms with E-state index >= 15 is 0 Å². The second-order valence-corrected chi connectivity index (χ2v) is 5.23. The first-order chi connectivity index (χ1) is 9.66. The van der Waals surface area contributed by atoms with Crippen LogP contribution < -0.4 is 10.1 Å². The molecule has 0 bridgehead atoms. The smallest absolute Gasteiger partial charge is 0.119 e. The van der Waals surface area contributed by atoms with E-state index in [-0.39, 0.29) is 0 Å². The fourth-order valence-corrected chi connectivity index (χ4v) is 2.10. The second kappa shape index (κ2) is 7.10. The van der Waals surface area contributed by atoms with Crippen LogP contribution in [0.4, 0.5) is 0 Å². The summed E-state index contributed by atoms with van der Waals surface area (Å²) in [5.74, 6) is 0.930. The Morgan fingerprint density at radius 3 is 2.95 bits per heavy atom. The number of rotatable bonds is 7. The summed E-state index contributed by atoms with van der Waals surface area (Å²) in [6, 6.07) is 8.56. The zero-order valence-electron chi connectivity index (χ0n) is 12.5. The predicted octanol–water partition coefficient (Wildman–Crippen LogP) is 2.94. The summed E-state index contributed by atoms with van der Waals surface area (Å²) in [5.41, 5.74) is 2.42. The maximum atomic E-state index is 5.70. The van der Waals surface area contributed by atoms with Crippen molar-refractivity contribution in [3.8, 4) is 5.75 Å². The molecule has 0 aliphatic rings. The molecule has 0 saturated heterocycles. The lowest BCUT2D eigenvalue weighted by atomic mass is 10.2. The van der Waals surface area contributed by atoms with Crippen molar-refractivity contribution >= 4 is 0 Å². The molecule has 0 amide bonds. The highest BCUT2D eigenvalue weighted by Crippen LogP contribution is 2.12. The average molecular weight is 273 g/mol. The summed E-state index contributed by atoms with van der Waals surface area (Å²) in [5, 5.41) is 3.38. The van der Waals surface area contributed by atoms with Gasteiger partial charge in [0.25, 0.3) is 0 Å². The van der Waals surface area contributed by atoms with E-state index in [1.54, 1.807) is 0 Å². The normalized spacial score (nSPS) is 11.0. The van der Waals surface area contributed by atoms with E-state index < -0.39 is 0 Å². The van der Waals surface area contributed by atoms with E-state index in [0.717, 1.165) is 18.8 Å². The van der Waals surface area contributed by atoms with Gasteiger partial charge in [0.1, 0.15) is 12.4 Å². The topological polar surface area (TPSA) is 39.1 Å². The molecule has 0 fully saturated rings. The van der Waals surface area contributed by atoms with E-state index in [9.17, 15) is 0 Å². The van der Waals surface area contributed by atoms with Gasteiger partial charge in [0.15, 0.2) is 0 Å². The first-order valence-electron chi connectivity index (χ1n) is 7.07. The Kier molecular flexibility index (Phi) is 5.18. The third-order valence-corrected chi connectivity index (χ3v) is 3.15. The number of hydrogen-bond acceptors (Lipinski definition) is 3. The number of imidazole rings is 1. The van der Waals surface area contributed by atoms with E-state index in [0.29, 0.717) is 12.6 Å². The van der Waals surface area contributed by atoms with Crippen molar-refractivity contribution in [1.82, 2.24) is 14.9 Å². The fourth-order valence-electron chi connectivity index (χ4n) is 2.10. The number of nitrogens with one attached hydrogen (secondary N) is 1. The van der Waals surface area contributed by atoms with Crippen LogP contribution in [0, 0.1) is 6.92 Å². The fraction of sp³-hybridized carbons (Fsp3) is 0.438. The van der Waals surface area contributed by atoms with Crippen molar-refractivity contribution in [3.05, 3.63) is 48.0 Å².